The van der Waals surface area contributed by atoms with Crippen molar-refractivity contribution in [1.29, 1.82) is 0 Å². The van der Waals surface area contributed by atoms with Crippen LogP contribution in [0.3, 0.4) is 0 Å². The van der Waals surface area contributed by atoms with Crippen molar-refractivity contribution in [3.63, 3.8) is 0 Å². The summed E-state index contributed by atoms with van der Waals surface area (Å²) in [5.74, 6) is -2.62. The number of likely N-dealkylation sites (N-methyl/N-ethyl adjacent to an activating group) is 1. The molecule has 114 valence electrons. The SMILES string of the molecule is CN1C(=O)CCC(NCC(O)c2ccc(F)c(F)c2)C1=O. The maximum atomic E-state index is 13.1. The van der Waals surface area contributed by atoms with E-state index in [-0.39, 0.29) is 30.3 Å². The second kappa shape index (κ2) is 6.28. The summed E-state index contributed by atoms with van der Waals surface area (Å²) in [5.41, 5.74) is 0.217. The molecule has 2 atom stereocenters. The molecule has 1 saturated heterocycles. The largest absolute Gasteiger partial charge is 0.387 e. The number of halogens is 2. The number of likely N-dealkylation sites (tertiary alicyclic amines) is 1. The van der Waals surface area contributed by atoms with Crippen LogP contribution in [0.5, 0.6) is 0 Å². The monoisotopic (exact) mass is 298 g/mol. The number of aliphatic hydroxyl groups is 1. The van der Waals surface area contributed by atoms with Crippen molar-refractivity contribution in [3.8, 4) is 0 Å². The first-order chi connectivity index (χ1) is 9.90. The van der Waals surface area contributed by atoms with Gasteiger partial charge in [0.05, 0.1) is 12.1 Å². The zero-order chi connectivity index (χ0) is 15.6. The Morgan fingerprint density at radius 2 is 2.10 bits per heavy atom. The summed E-state index contributed by atoms with van der Waals surface area (Å²) in [6.45, 7) is 0.00348. The molecule has 1 heterocycles. The lowest BCUT2D eigenvalue weighted by Crippen LogP contribution is -2.52. The van der Waals surface area contributed by atoms with Gasteiger partial charge in [-0.1, -0.05) is 6.07 Å². The Kier molecular flexibility index (Phi) is 4.64. The maximum Gasteiger partial charge on any atom is 0.246 e. The zero-order valence-electron chi connectivity index (χ0n) is 11.5. The molecular formula is C14H16F2N2O3. The van der Waals surface area contributed by atoms with Gasteiger partial charge in [-0.25, -0.2) is 8.78 Å². The number of carbonyl (C=O) groups is 2. The van der Waals surface area contributed by atoms with E-state index in [1.54, 1.807) is 0 Å². The van der Waals surface area contributed by atoms with Crippen molar-refractivity contribution < 1.29 is 23.5 Å². The van der Waals surface area contributed by atoms with E-state index in [0.717, 1.165) is 17.0 Å². The molecule has 0 spiro atoms. The molecule has 2 N–H and O–H groups in total. The summed E-state index contributed by atoms with van der Waals surface area (Å²) in [5, 5.41) is 12.8. The van der Waals surface area contributed by atoms with Crippen molar-refractivity contribution in [2.24, 2.45) is 0 Å². The molecule has 1 aliphatic heterocycles. The fourth-order valence-electron chi connectivity index (χ4n) is 2.20. The third-order valence-corrected chi connectivity index (χ3v) is 3.54. The van der Waals surface area contributed by atoms with Gasteiger partial charge in [0.2, 0.25) is 11.8 Å². The summed E-state index contributed by atoms with van der Waals surface area (Å²) < 4.78 is 25.9. The van der Waals surface area contributed by atoms with E-state index in [2.05, 4.69) is 5.32 Å². The highest BCUT2D eigenvalue weighted by Crippen LogP contribution is 2.17. The number of hydrogen-bond acceptors (Lipinski definition) is 4. The highest BCUT2D eigenvalue weighted by atomic mass is 19.2. The highest BCUT2D eigenvalue weighted by Gasteiger charge is 2.31. The molecule has 0 aromatic heterocycles. The number of imide groups is 1. The molecule has 2 rings (SSSR count). The van der Waals surface area contributed by atoms with Crippen molar-refractivity contribution in [2.45, 2.75) is 25.0 Å². The van der Waals surface area contributed by atoms with Crippen LogP contribution in [0.2, 0.25) is 0 Å². The minimum absolute atomic E-state index is 0.00348. The molecule has 0 saturated carbocycles. The fourth-order valence-corrected chi connectivity index (χ4v) is 2.20. The molecule has 1 aliphatic rings. The lowest BCUT2D eigenvalue weighted by Gasteiger charge is -2.29. The normalized spacial score (nSPS) is 20.8. The average Bonchev–Trinajstić information content (AvgIpc) is 2.46. The van der Waals surface area contributed by atoms with Gasteiger partial charge in [0, 0.05) is 20.0 Å². The van der Waals surface area contributed by atoms with E-state index >= 15 is 0 Å². The number of nitrogens with zero attached hydrogens (tertiary/aromatic N) is 1. The molecule has 2 unspecified atom stereocenters. The summed E-state index contributed by atoms with van der Waals surface area (Å²) in [4.78, 5) is 24.2. The Morgan fingerprint density at radius 3 is 2.76 bits per heavy atom. The lowest BCUT2D eigenvalue weighted by atomic mass is 10.0. The smallest absolute Gasteiger partial charge is 0.246 e. The average molecular weight is 298 g/mol. The Hall–Kier alpha value is -1.86. The number of aliphatic hydroxyl groups excluding tert-OH is 1. The molecule has 2 amide bonds. The number of nitrogens with one attached hydrogen (secondary N) is 1. The van der Waals surface area contributed by atoms with Gasteiger partial charge in [-0.15, -0.1) is 0 Å². The molecule has 5 nitrogen and oxygen atoms in total. The number of piperidine rings is 1. The molecule has 7 heteroatoms. The topological polar surface area (TPSA) is 69.6 Å². The molecule has 1 aromatic carbocycles. The molecule has 0 radical (unpaired) electrons. The maximum absolute atomic E-state index is 13.1. The van der Waals surface area contributed by atoms with E-state index in [4.69, 9.17) is 0 Å². The second-order valence-electron chi connectivity index (χ2n) is 4.98. The molecule has 0 aliphatic carbocycles. The van der Waals surface area contributed by atoms with Crippen molar-refractivity contribution in [3.05, 3.63) is 35.4 Å². The number of carbonyl (C=O) groups excluding carboxylic acids is 2. The molecular weight excluding hydrogens is 282 g/mol. The van der Waals surface area contributed by atoms with Crippen LogP contribution < -0.4 is 5.32 Å². The Balaban J connectivity index is 1.94. The van der Waals surface area contributed by atoms with Gasteiger partial charge < -0.3 is 10.4 Å². The van der Waals surface area contributed by atoms with Crippen LogP contribution in [0, 0.1) is 11.6 Å². The second-order valence-corrected chi connectivity index (χ2v) is 4.98. The van der Waals surface area contributed by atoms with E-state index in [1.807, 2.05) is 0 Å². The van der Waals surface area contributed by atoms with Crippen LogP contribution in [0.4, 0.5) is 8.78 Å². The lowest BCUT2D eigenvalue weighted by molar-refractivity contribution is -0.148. The zero-order valence-corrected chi connectivity index (χ0v) is 11.5. The fraction of sp³-hybridized carbons (Fsp3) is 0.429. The van der Waals surface area contributed by atoms with Gasteiger partial charge in [-0.05, 0) is 24.1 Å². The summed E-state index contributed by atoms with van der Waals surface area (Å²) in [7, 11) is 1.41. The minimum Gasteiger partial charge on any atom is -0.387 e. The predicted octanol–water partition coefficient (Wildman–Crippen LogP) is 0.735. The first-order valence-electron chi connectivity index (χ1n) is 6.57. The van der Waals surface area contributed by atoms with Crippen molar-refractivity contribution >= 4 is 11.8 Å². The summed E-state index contributed by atoms with van der Waals surface area (Å²) in [6, 6.07) is 2.57. The van der Waals surface area contributed by atoms with E-state index in [0.29, 0.717) is 6.42 Å². The third-order valence-electron chi connectivity index (χ3n) is 3.54. The third kappa shape index (κ3) is 3.43. The molecule has 21 heavy (non-hydrogen) atoms. The van der Waals surface area contributed by atoms with Gasteiger partial charge in [0.25, 0.3) is 0 Å². The van der Waals surface area contributed by atoms with E-state index in [9.17, 15) is 23.5 Å². The Morgan fingerprint density at radius 1 is 1.38 bits per heavy atom. The number of benzene rings is 1. The van der Waals surface area contributed by atoms with Crippen LogP contribution in [0.15, 0.2) is 18.2 Å². The van der Waals surface area contributed by atoms with Gasteiger partial charge in [-0.2, -0.15) is 0 Å². The molecule has 1 fully saturated rings. The molecule has 0 bridgehead atoms. The quantitative estimate of drug-likeness (QED) is 0.804. The van der Waals surface area contributed by atoms with E-state index in [1.165, 1.54) is 13.1 Å². The Labute approximate surface area is 120 Å². The summed E-state index contributed by atoms with van der Waals surface area (Å²) >= 11 is 0. The van der Waals surface area contributed by atoms with Crippen LogP contribution in [0.25, 0.3) is 0 Å². The van der Waals surface area contributed by atoms with Crippen LogP contribution >= 0.6 is 0 Å². The predicted molar refractivity (Wildman–Crippen MR) is 70.1 cm³/mol. The van der Waals surface area contributed by atoms with Crippen molar-refractivity contribution in [1.82, 2.24) is 10.2 Å². The Bertz CT molecular complexity index is 565. The van der Waals surface area contributed by atoms with Crippen LogP contribution in [-0.2, 0) is 9.59 Å². The van der Waals surface area contributed by atoms with Gasteiger partial charge >= 0.3 is 0 Å². The number of hydrogen-bond donors (Lipinski definition) is 2. The van der Waals surface area contributed by atoms with Crippen LogP contribution in [0.1, 0.15) is 24.5 Å². The van der Waals surface area contributed by atoms with Crippen LogP contribution in [-0.4, -0.2) is 41.5 Å². The van der Waals surface area contributed by atoms with Gasteiger partial charge in [0.15, 0.2) is 11.6 Å². The van der Waals surface area contributed by atoms with Gasteiger partial charge in [0.1, 0.15) is 0 Å². The molecule has 1 aromatic rings. The standard InChI is InChI=1S/C14H16F2N2O3/c1-18-13(20)5-4-11(14(18)21)17-7-12(19)8-2-3-9(15)10(16)6-8/h2-3,6,11-12,17,19H,4-5,7H2,1H3. The first kappa shape index (κ1) is 15.5. The minimum atomic E-state index is -1.07. The highest BCUT2D eigenvalue weighted by molar-refractivity contribution is 6.00. The number of amides is 2. The number of rotatable bonds is 4. The van der Waals surface area contributed by atoms with E-state index < -0.39 is 23.8 Å². The summed E-state index contributed by atoms with van der Waals surface area (Å²) in [6.07, 6.45) is -0.468. The first-order valence-corrected chi connectivity index (χ1v) is 6.57. The van der Waals surface area contributed by atoms with Crippen molar-refractivity contribution in [2.75, 3.05) is 13.6 Å². The van der Waals surface area contributed by atoms with Gasteiger partial charge in [-0.3, -0.25) is 14.5 Å².